The number of nitrogens with one attached hydrogen (secondary N) is 2. The van der Waals surface area contributed by atoms with Gasteiger partial charge in [-0.25, -0.2) is 19.3 Å². The summed E-state index contributed by atoms with van der Waals surface area (Å²) in [7, 11) is -1.95. The number of urea groups is 1. The van der Waals surface area contributed by atoms with Gasteiger partial charge in [-0.1, -0.05) is 49.9 Å². The molecule has 0 saturated heterocycles. The zero-order chi connectivity index (χ0) is 46.5. The monoisotopic (exact) mass is 931 g/mol. The number of nitrogens with zero attached hydrogens (tertiary/aromatic N) is 6. The van der Waals surface area contributed by atoms with Gasteiger partial charge in [0.15, 0.2) is 12.4 Å². The summed E-state index contributed by atoms with van der Waals surface area (Å²) in [6.45, 7) is 6.87. The van der Waals surface area contributed by atoms with Gasteiger partial charge in [0, 0.05) is 44.6 Å². The van der Waals surface area contributed by atoms with Crippen LogP contribution in [0.2, 0.25) is 10.0 Å². The van der Waals surface area contributed by atoms with Crippen LogP contribution in [-0.4, -0.2) is 120 Å². The third kappa shape index (κ3) is 16.0. The number of carboxylic acid groups (broad SMARTS) is 1. The van der Waals surface area contributed by atoms with Crippen molar-refractivity contribution < 1.29 is 56.0 Å². The number of carbonyl (C=O) groups excluding carboxylic acids is 2. The van der Waals surface area contributed by atoms with E-state index in [1.165, 1.54) is 76.4 Å². The van der Waals surface area contributed by atoms with Crippen LogP contribution in [0.15, 0.2) is 50.8 Å². The molecular weight excluding hydrogens is 888 g/mol. The molecule has 0 aliphatic heterocycles. The van der Waals surface area contributed by atoms with Gasteiger partial charge in [0.2, 0.25) is 23.6 Å². The molecule has 4 aromatic rings. The summed E-state index contributed by atoms with van der Waals surface area (Å²) < 4.78 is 58.9. The van der Waals surface area contributed by atoms with Gasteiger partial charge in [-0.2, -0.15) is 23.1 Å². The summed E-state index contributed by atoms with van der Waals surface area (Å²) in [5.74, 6) is 0.505. The van der Waals surface area contributed by atoms with Crippen LogP contribution >= 0.6 is 30.6 Å². The predicted octanol–water partition coefficient (Wildman–Crippen LogP) is 3.23. The number of benzene rings is 1. The average molecular weight is 933 g/mol. The molecule has 0 fully saturated rings. The number of rotatable bonds is 13. The Hall–Kier alpha value is -5.76. The Bertz CT molecular complexity index is 2440. The number of carboxylic acids is 1. The highest BCUT2D eigenvalue weighted by Gasteiger charge is 2.28. The van der Waals surface area contributed by atoms with Crippen LogP contribution in [0.4, 0.5) is 10.7 Å². The van der Waals surface area contributed by atoms with Crippen molar-refractivity contribution in [3.63, 3.8) is 0 Å². The van der Waals surface area contributed by atoms with Crippen LogP contribution in [0.1, 0.15) is 43.4 Å². The molecule has 332 valence electrons. The standard InChI is InChI=1S/C15H14Cl2N2O3.C15H18N6O6S.C5H12NO4P/c1-5-6-21-12-8-11(9(16)7-10(12)17)19-14(20)22-13(18-19)15(2,3)4;1-21(2)13(22)9-6-5-7-16-12(9)28(24,25)20-15(23)19-14-17-10(26-3)8-11(18-14)27-4;1-11(9,10)3-2-4(6)5(7)8/h1,7-8H,6H2,2-4H3;5-8H,1-4H3,(H2,17,18,19,20,23);4H,2-3,6H2,1H3,(H,7,8)(H,9,10). The largest absolute Gasteiger partial charge is 0.481 e. The van der Waals surface area contributed by atoms with E-state index in [1.807, 2.05) is 20.8 Å². The Labute approximate surface area is 360 Å². The van der Waals surface area contributed by atoms with Gasteiger partial charge in [0.1, 0.15) is 18.4 Å². The number of amides is 3. The molecule has 2 unspecified atom stereocenters. The Morgan fingerprint density at radius 3 is 2.21 bits per heavy atom. The van der Waals surface area contributed by atoms with Gasteiger partial charge < -0.3 is 39.3 Å². The van der Waals surface area contributed by atoms with Gasteiger partial charge in [0.25, 0.3) is 15.9 Å². The molecule has 0 aliphatic carbocycles. The minimum atomic E-state index is -4.46. The fraction of sp³-hybridized carbons (Fsp3) is 0.371. The van der Waals surface area contributed by atoms with Crippen LogP contribution in [0.25, 0.3) is 5.69 Å². The first-order valence-corrected chi connectivity index (χ1v) is 21.7. The smallest absolute Gasteiger partial charge is 0.442 e. The number of pyridine rings is 1. The summed E-state index contributed by atoms with van der Waals surface area (Å²) in [5, 5.41) is 14.6. The highest BCUT2D eigenvalue weighted by molar-refractivity contribution is 7.90. The Kier molecular flexibility index (Phi) is 18.7. The first-order chi connectivity index (χ1) is 28.2. The maximum atomic E-state index is 12.5. The van der Waals surface area contributed by atoms with E-state index in [9.17, 15) is 32.2 Å². The zero-order valence-corrected chi connectivity index (χ0v) is 37.2. The number of terminal acetylenes is 1. The van der Waals surface area contributed by atoms with Gasteiger partial charge in [0.05, 0.1) is 41.6 Å². The molecule has 61 heavy (non-hydrogen) atoms. The summed E-state index contributed by atoms with van der Waals surface area (Å²) in [4.78, 5) is 67.8. The third-order valence-corrected chi connectivity index (χ3v) is 10.1. The summed E-state index contributed by atoms with van der Waals surface area (Å²) in [6.07, 6.45) is 6.34. The second kappa shape index (κ2) is 22.2. The Morgan fingerprint density at radius 1 is 1.11 bits per heavy atom. The van der Waals surface area contributed by atoms with Crippen molar-refractivity contribution in [1.82, 2.24) is 34.4 Å². The number of nitrogens with two attached hydrogens (primary N) is 1. The summed E-state index contributed by atoms with van der Waals surface area (Å²) in [5.41, 5.74) is 4.80. The number of anilines is 1. The van der Waals surface area contributed by atoms with Gasteiger partial charge in [-0.15, -0.1) is 11.5 Å². The summed E-state index contributed by atoms with van der Waals surface area (Å²) >= 11 is 12.2. The van der Waals surface area contributed by atoms with Gasteiger partial charge in [-0.05, 0) is 24.6 Å². The van der Waals surface area contributed by atoms with Crippen molar-refractivity contribution in [2.75, 3.05) is 53.1 Å². The molecule has 3 heterocycles. The van der Waals surface area contributed by atoms with E-state index in [0.29, 0.717) is 17.3 Å². The average Bonchev–Trinajstić information content (AvgIpc) is 3.57. The van der Waals surface area contributed by atoms with E-state index >= 15 is 0 Å². The first-order valence-electron chi connectivity index (χ1n) is 17.2. The van der Waals surface area contributed by atoms with Crippen LogP contribution < -0.4 is 35.7 Å². The van der Waals surface area contributed by atoms with E-state index in [4.69, 9.17) is 64.0 Å². The van der Waals surface area contributed by atoms with Crippen molar-refractivity contribution in [1.29, 1.82) is 0 Å². The lowest BCUT2D eigenvalue weighted by Gasteiger charge is -2.14. The number of aliphatic carboxylic acids is 1. The highest BCUT2D eigenvalue weighted by Crippen LogP contribution is 2.36. The van der Waals surface area contributed by atoms with Crippen LogP contribution in [0.5, 0.6) is 17.5 Å². The number of carbonyl (C=O) groups is 3. The quantitative estimate of drug-likeness (QED) is 0.0949. The number of hydrogen-bond acceptors (Lipinski definition) is 16. The lowest BCUT2D eigenvalue weighted by atomic mass is 9.97. The van der Waals surface area contributed by atoms with Crippen molar-refractivity contribution in [3.8, 4) is 35.5 Å². The van der Waals surface area contributed by atoms with Gasteiger partial charge in [-0.3, -0.25) is 19.5 Å². The molecular formula is C35H44Cl2N9O13PS. The second-order valence-corrected chi connectivity index (χ2v) is 18.4. The fourth-order valence-corrected chi connectivity index (χ4v) is 6.43. The van der Waals surface area contributed by atoms with Crippen LogP contribution in [0, 0.1) is 12.3 Å². The Morgan fingerprint density at radius 2 is 1.72 bits per heavy atom. The normalized spacial score (nSPS) is 12.4. The minimum absolute atomic E-state index is 0.0412. The molecule has 0 aliphatic rings. The van der Waals surface area contributed by atoms with E-state index in [0.717, 1.165) is 4.68 Å². The number of methoxy groups -OCH3 is 2. The number of ether oxygens (including phenoxy) is 3. The molecule has 0 bridgehead atoms. The minimum Gasteiger partial charge on any atom is -0.481 e. The maximum Gasteiger partial charge on any atom is 0.442 e. The molecule has 2 atom stereocenters. The number of halogens is 2. The lowest BCUT2D eigenvalue weighted by molar-refractivity contribution is -0.138. The van der Waals surface area contributed by atoms with Crippen molar-refractivity contribution in [3.05, 3.63) is 68.6 Å². The lowest BCUT2D eigenvalue weighted by Crippen LogP contribution is -2.36. The van der Waals surface area contributed by atoms with Crippen molar-refractivity contribution in [2.24, 2.45) is 5.73 Å². The number of hydrogen-bond donors (Lipinski definition) is 5. The van der Waals surface area contributed by atoms with Gasteiger partial charge >= 0.3 is 17.8 Å². The van der Waals surface area contributed by atoms with Crippen molar-refractivity contribution in [2.45, 2.75) is 43.7 Å². The predicted molar refractivity (Wildman–Crippen MR) is 223 cm³/mol. The number of sulfonamides is 1. The Balaban J connectivity index is 0.000000345. The SMILES string of the molecule is C#CCOc1cc(-n2nc(C(C)(C)C)oc2=O)c(Cl)cc1Cl.COc1cc(OC)nc(NC(=O)NS(=O)(=O)c2ncccc2C(=O)N(C)C)n1.CP(=O)(O)CCC(N)C(=O)O. The molecule has 0 radical (unpaired) electrons. The van der Waals surface area contributed by atoms with Crippen LogP contribution in [0.3, 0.4) is 0 Å². The fourth-order valence-electron chi connectivity index (χ4n) is 4.12. The van der Waals surface area contributed by atoms with E-state index in [-0.39, 0.29) is 52.5 Å². The highest BCUT2D eigenvalue weighted by atomic mass is 35.5. The molecule has 4 rings (SSSR count). The topological polar surface area (TPSA) is 311 Å². The third-order valence-electron chi connectivity index (χ3n) is 7.11. The molecule has 6 N–H and O–H groups in total. The molecule has 0 spiro atoms. The molecule has 1 aromatic carbocycles. The first kappa shape index (κ1) is 51.4. The number of aromatic nitrogens is 5. The summed E-state index contributed by atoms with van der Waals surface area (Å²) in [6, 6.07) is 4.83. The molecule has 22 nitrogen and oxygen atoms in total. The zero-order valence-electron chi connectivity index (χ0n) is 34.0. The van der Waals surface area contributed by atoms with E-state index < -0.39 is 57.5 Å². The van der Waals surface area contributed by atoms with Crippen LogP contribution in [-0.2, 0) is 24.8 Å². The molecule has 3 amide bonds. The van der Waals surface area contributed by atoms with Crippen molar-refractivity contribution >= 4 is 64.4 Å². The maximum absolute atomic E-state index is 12.5. The molecule has 26 heteroatoms. The second-order valence-electron chi connectivity index (χ2n) is 13.5. The van der Waals surface area contributed by atoms with E-state index in [1.54, 1.807) is 4.72 Å². The molecule has 3 aromatic heterocycles. The molecule has 0 saturated carbocycles. The van der Waals surface area contributed by atoms with E-state index in [2.05, 4.69) is 31.3 Å².